The van der Waals surface area contributed by atoms with Crippen LogP contribution in [0.5, 0.6) is 0 Å². The van der Waals surface area contributed by atoms with Gasteiger partial charge in [0.2, 0.25) is 0 Å². The summed E-state index contributed by atoms with van der Waals surface area (Å²) < 4.78 is 16.2. The molecule has 0 aliphatic rings. The fourth-order valence-corrected chi connectivity index (χ4v) is 1.01. The lowest BCUT2D eigenvalue weighted by atomic mass is 10.3. The zero-order valence-corrected chi connectivity index (χ0v) is 9.66. The molecule has 0 heterocycles. The van der Waals surface area contributed by atoms with E-state index in [1.807, 2.05) is 20.8 Å². The highest BCUT2D eigenvalue weighted by Crippen LogP contribution is 2.09. The monoisotopic (exact) mass is 202 g/mol. The number of hydrogen-bond acceptors (Lipinski definition) is 3. The lowest BCUT2D eigenvalue weighted by Crippen LogP contribution is -2.26. The van der Waals surface area contributed by atoms with Crippen molar-refractivity contribution in [1.29, 1.82) is 0 Å². The molecule has 0 saturated carbocycles. The van der Waals surface area contributed by atoms with E-state index in [0.717, 1.165) is 6.42 Å². The van der Waals surface area contributed by atoms with Crippen LogP contribution in [0.3, 0.4) is 0 Å². The lowest BCUT2D eigenvalue weighted by Gasteiger charge is -2.22. The third-order valence-electron chi connectivity index (χ3n) is 1.75. The highest BCUT2D eigenvalue weighted by molar-refractivity contribution is 4.65. The summed E-state index contributed by atoms with van der Waals surface area (Å²) in [5.74, 6) is 0. The zero-order valence-electron chi connectivity index (χ0n) is 9.66. The van der Waals surface area contributed by atoms with Gasteiger partial charge in [0, 0.05) is 13.5 Å². The van der Waals surface area contributed by atoms with Crippen molar-refractivity contribution in [2.45, 2.75) is 45.7 Å². The van der Waals surface area contributed by atoms with Gasteiger partial charge in [-0.1, -0.05) is 6.08 Å². The maximum Gasteiger partial charge on any atom is 0.160 e. The van der Waals surface area contributed by atoms with Gasteiger partial charge in [-0.3, -0.25) is 0 Å². The van der Waals surface area contributed by atoms with Crippen LogP contribution in [0.15, 0.2) is 12.7 Å². The first kappa shape index (κ1) is 13.6. The average molecular weight is 202 g/mol. The molecule has 2 unspecified atom stereocenters. The second kappa shape index (κ2) is 7.97. The highest BCUT2D eigenvalue weighted by atomic mass is 16.7. The summed E-state index contributed by atoms with van der Waals surface area (Å²) in [4.78, 5) is 0. The zero-order chi connectivity index (χ0) is 11.0. The van der Waals surface area contributed by atoms with Gasteiger partial charge in [-0.2, -0.15) is 0 Å². The first-order valence-electron chi connectivity index (χ1n) is 5.00. The topological polar surface area (TPSA) is 27.7 Å². The fourth-order valence-electron chi connectivity index (χ4n) is 1.01. The van der Waals surface area contributed by atoms with Crippen molar-refractivity contribution in [3.8, 4) is 0 Å². The third kappa shape index (κ3) is 7.06. The Hall–Kier alpha value is -0.380. The molecule has 0 N–H and O–H groups in total. The number of hydrogen-bond donors (Lipinski definition) is 0. The SMILES string of the molecule is C=CCOC(CC(C)OC)OC(C)C. The van der Waals surface area contributed by atoms with Crippen molar-refractivity contribution in [2.75, 3.05) is 13.7 Å². The van der Waals surface area contributed by atoms with Crippen LogP contribution in [0.2, 0.25) is 0 Å². The predicted molar refractivity (Wildman–Crippen MR) is 57.2 cm³/mol. The summed E-state index contributed by atoms with van der Waals surface area (Å²) >= 11 is 0. The Kier molecular flexibility index (Phi) is 7.76. The summed E-state index contributed by atoms with van der Waals surface area (Å²) in [6, 6.07) is 0. The van der Waals surface area contributed by atoms with Crippen LogP contribution in [0.1, 0.15) is 27.2 Å². The molecule has 0 aromatic heterocycles. The average Bonchev–Trinajstić information content (AvgIpc) is 2.13. The van der Waals surface area contributed by atoms with Crippen LogP contribution in [0.25, 0.3) is 0 Å². The summed E-state index contributed by atoms with van der Waals surface area (Å²) in [5, 5.41) is 0. The maximum atomic E-state index is 5.57. The first-order valence-corrected chi connectivity index (χ1v) is 5.00. The molecule has 0 radical (unpaired) electrons. The van der Waals surface area contributed by atoms with E-state index in [0.29, 0.717) is 6.61 Å². The van der Waals surface area contributed by atoms with Gasteiger partial charge in [-0.05, 0) is 20.8 Å². The standard InChI is InChI=1S/C11H22O3/c1-6-7-13-11(14-9(2)3)8-10(4)12-5/h6,9-11H,1,7-8H2,2-5H3. The normalized spacial score (nSPS) is 15.5. The van der Waals surface area contributed by atoms with Crippen molar-refractivity contribution in [3.63, 3.8) is 0 Å². The van der Waals surface area contributed by atoms with Crippen LogP contribution < -0.4 is 0 Å². The van der Waals surface area contributed by atoms with Crippen molar-refractivity contribution in [3.05, 3.63) is 12.7 Å². The fraction of sp³-hybridized carbons (Fsp3) is 0.818. The van der Waals surface area contributed by atoms with Crippen LogP contribution >= 0.6 is 0 Å². The Morgan fingerprint density at radius 2 is 1.93 bits per heavy atom. The van der Waals surface area contributed by atoms with Crippen molar-refractivity contribution in [1.82, 2.24) is 0 Å². The van der Waals surface area contributed by atoms with Crippen LogP contribution in [0.4, 0.5) is 0 Å². The molecule has 0 fully saturated rings. The number of rotatable bonds is 8. The molecule has 0 rings (SSSR count). The van der Waals surface area contributed by atoms with Gasteiger partial charge in [0.15, 0.2) is 6.29 Å². The third-order valence-corrected chi connectivity index (χ3v) is 1.75. The molecule has 0 aliphatic heterocycles. The number of methoxy groups -OCH3 is 1. The molecule has 3 heteroatoms. The van der Waals surface area contributed by atoms with Crippen LogP contribution in [-0.4, -0.2) is 32.2 Å². The Morgan fingerprint density at radius 1 is 1.29 bits per heavy atom. The molecule has 3 nitrogen and oxygen atoms in total. The second-order valence-electron chi connectivity index (χ2n) is 3.52. The van der Waals surface area contributed by atoms with Crippen LogP contribution in [0, 0.1) is 0 Å². The Balaban J connectivity index is 3.89. The van der Waals surface area contributed by atoms with Crippen molar-refractivity contribution < 1.29 is 14.2 Å². The lowest BCUT2D eigenvalue weighted by molar-refractivity contribution is -0.171. The van der Waals surface area contributed by atoms with E-state index in [-0.39, 0.29) is 18.5 Å². The molecule has 0 aromatic carbocycles. The minimum absolute atomic E-state index is 0.142. The molecule has 84 valence electrons. The van der Waals surface area contributed by atoms with Gasteiger partial charge in [0.1, 0.15) is 0 Å². The molecule has 2 atom stereocenters. The summed E-state index contributed by atoms with van der Waals surface area (Å²) in [7, 11) is 1.69. The Bertz CT molecular complexity index is 145. The smallest absolute Gasteiger partial charge is 0.160 e. The summed E-state index contributed by atoms with van der Waals surface area (Å²) in [6.45, 7) is 10.1. The largest absolute Gasteiger partial charge is 0.382 e. The van der Waals surface area contributed by atoms with E-state index >= 15 is 0 Å². The van der Waals surface area contributed by atoms with E-state index in [1.165, 1.54) is 0 Å². The van der Waals surface area contributed by atoms with Gasteiger partial charge < -0.3 is 14.2 Å². The minimum Gasteiger partial charge on any atom is -0.382 e. The molecule has 0 aliphatic carbocycles. The van der Waals surface area contributed by atoms with Gasteiger partial charge in [0.25, 0.3) is 0 Å². The number of ether oxygens (including phenoxy) is 3. The van der Waals surface area contributed by atoms with Crippen molar-refractivity contribution >= 4 is 0 Å². The van der Waals surface area contributed by atoms with Gasteiger partial charge >= 0.3 is 0 Å². The molecule has 0 saturated heterocycles. The van der Waals surface area contributed by atoms with E-state index < -0.39 is 0 Å². The Morgan fingerprint density at radius 3 is 2.36 bits per heavy atom. The molecular formula is C11H22O3. The molecular weight excluding hydrogens is 180 g/mol. The van der Waals surface area contributed by atoms with E-state index in [4.69, 9.17) is 14.2 Å². The highest BCUT2D eigenvalue weighted by Gasteiger charge is 2.14. The maximum absolute atomic E-state index is 5.57. The predicted octanol–water partition coefficient (Wildman–Crippen LogP) is 2.37. The van der Waals surface area contributed by atoms with E-state index in [2.05, 4.69) is 6.58 Å². The molecule has 0 aromatic rings. The summed E-state index contributed by atoms with van der Waals surface area (Å²) in [6.07, 6.45) is 2.55. The van der Waals surface area contributed by atoms with E-state index in [9.17, 15) is 0 Å². The Labute approximate surface area is 87.0 Å². The van der Waals surface area contributed by atoms with Gasteiger partial charge in [-0.15, -0.1) is 6.58 Å². The summed E-state index contributed by atoms with van der Waals surface area (Å²) in [5.41, 5.74) is 0. The van der Waals surface area contributed by atoms with E-state index in [1.54, 1.807) is 13.2 Å². The molecule has 0 spiro atoms. The van der Waals surface area contributed by atoms with Crippen LogP contribution in [-0.2, 0) is 14.2 Å². The minimum atomic E-state index is -0.206. The van der Waals surface area contributed by atoms with Crippen molar-refractivity contribution in [2.24, 2.45) is 0 Å². The molecule has 0 bridgehead atoms. The van der Waals surface area contributed by atoms with Gasteiger partial charge in [-0.25, -0.2) is 0 Å². The quantitative estimate of drug-likeness (QED) is 0.447. The van der Waals surface area contributed by atoms with Gasteiger partial charge in [0.05, 0.1) is 18.8 Å². The second-order valence-corrected chi connectivity index (χ2v) is 3.52. The molecule has 0 amide bonds. The molecule has 14 heavy (non-hydrogen) atoms. The first-order chi connectivity index (χ1) is 6.60.